The highest BCUT2D eigenvalue weighted by Gasteiger charge is 2.26. The Morgan fingerprint density at radius 3 is 2.34 bits per heavy atom. The van der Waals surface area contributed by atoms with Gasteiger partial charge in [0.05, 0.1) is 5.56 Å². The Hall–Kier alpha value is -3.22. The molecule has 0 aromatic heterocycles. The Balaban J connectivity index is 1.44. The number of amides is 3. The molecule has 0 aliphatic carbocycles. The number of anilines is 1. The fraction of sp³-hybridized carbons (Fsp3) is 0.318. The number of para-hydroxylation sites is 1. The molecule has 1 aliphatic rings. The Morgan fingerprint density at radius 2 is 1.66 bits per heavy atom. The third-order valence-corrected chi connectivity index (χ3v) is 5.16. The average molecular weight is 397 g/mol. The first-order chi connectivity index (χ1) is 14.0. The molecule has 29 heavy (non-hydrogen) atoms. The zero-order chi connectivity index (χ0) is 20.8. The first-order valence-electron chi connectivity index (χ1n) is 9.64. The predicted molar refractivity (Wildman–Crippen MR) is 108 cm³/mol. The largest absolute Gasteiger partial charge is 0.348 e. The summed E-state index contributed by atoms with van der Waals surface area (Å²) in [6, 6.07) is 13.2. The smallest absolute Gasteiger partial charge is 0.313 e. The molecule has 2 aromatic carbocycles. The van der Waals surface area contributed by atoms with E-state index in [0.29, 0.717) is 38.2 Å². The maximum absolute atomic E-state index is 13.8. The lowest BCUT2D eigenvalue weighted by Gasteiger charge is -2.32. The molecule has 7 heteroatoms. The standard InChI is InChI=1S/C22H24FN3O3/c1-15-6-2-5-9-19(15)25-21(28)20(27)24-14-16-10-12-26(13-11-16)22(29)17-7-3-4-8-18(17)23/h2-9,16H,10-14H2,1H3,(H,24,27)(H,25,28). The van der Waals surface area contributed by atoms with E-state index < -0.39 is 17.6 Å². The van der Waals surface area contributed by atoms with E-state index in [4.69, 9.17) is 0 Å². The van der Waals surface area contributed by atoms with Gasteiger partial charge in [-0.3, -0.25) is 14.4 Å². The van der Waals surface area contributed by atoms with E-state index >= 15 is 0 Å². The van der Waals surface area contributed by atoms with E-state index in [1.54, 1.807) is 29.2 Å². The summed E-state index contributed by atoms with van der Waals surface area (Å²) in [5.74, 6) is -2.06. The lowest BCUT2D eigenvalue weighted by molar-refractivity contribution is -0.136. The van der Waals surface area contributed by atoms with E-state index in [2.05, 4.69) is 10.6 Å². The normalized spacial score (nSPS) is 14.3. The summed E-state index contributed by atoms with van der Waals surface area (Å²) in [6.45, 7) is 3.19. The minimum absolute atomic E-state index is 0.0760. The monoisotopic (exact) mass is 397 g/mol. The molecule has 3 rings (SSSR count). The molecule has 0 spiro atoms. The highest BCUT2D eigenvalue weighted by molar-refractivity contribution is 6.39. The van der Waals surface area contributed by atoms with Crippen molar-refractivity contribution in [2.75, 3.05) is 25.0 Å². The number of aryl methyl sites for hydroxylation is 1. The molecule has 0 atom stereocenters. The second-order valence-electron chi connectivity index (χ2n) is 7.19. The zero-order valence-corrected chi connectivity index (χ0v) is 16.3. The molecule has 2 N–H and O–H groups in total. The molecule has 0 bridgehead atoms. The number of carbonyl (C=O) groups is 3. The molecule has 0 saturated carbocycles. The van der Waals surface area contributed by atoms with Crippen molar-refractivity contribution in [1.29, 1.82) is 0 Å². The number of likely N-dealkylation sites (tertiary alicyclic amines) is 1. The van der Waals surface area contributed by atoms with Gasteiger partial charge in [0.2, 0.25) is 0 Å². The van der Waals surface area contributed by atoms with Gasteiger partial charge in [-0.05, 0) is 49.4 Å². The summed E-state index contributed by atoms with van der Waals surface area (Å²) in [5.41, 5.74) is 1.56. The molecule has 0 unspecified atom stereocenters. The Morgan fingerprint density at radius 1 is 1.00 bits per heavy atom. The first-order valence-corrected chi connectivity index (χ1v) is 9.64. The van der Waals surface area contributed by atoms with Crippen LogP contribution in [-0.2, 0) is 9.59 Å². The van der Waals surface area contributed by atoms with Crippen molar-refractivity contribution in [1.82, 2.24) is 10.2 Å². The van der Waals surface area contributed by atoms with Crippen molar-refractivity contribution < 1.29 is 18.8 Å². The number of nitrogens with one attached hydrogen (secondary N) is 2. The third-order valence-electron chi connectivity index (χ3n) is 5.16. The molecule has 1 aliphatic heterocycles. The van der Waals surface area contributed by atoms with Gasteiger partial charge in [-0.2, -0.15) is 0 Å². The quantitative estimate of drug-likeness (QED) is 0.779. The number of halogens is 1. The SMILES string of the molecule is Cc1ccccc1NC(=O)C(=O)NCC1CCN(C(=O)c2ccccc2F)CC1. The van der Waals surface area contributed by atoms with Gasteiger partial charge in [0, 0.05) is 25.3 Å². The summed E-state index contributed by atoms with van der Waals surface area (Å²) in [4.78, 5) is 38.2. The van der Waals surface area contributed by atoms with Crippen molar-refractivity contribution in [2.45, 2.75) is 19.8 Å². The van der Waals surface area contributed by atoms with E-state index in [1.165, 1.54) is 12.1 Å². The van der Waals surface area contributed by atoms with Crippen molar-refractivity contribution in [3.05, 3.63) is 65.5 Å². The number of hydrogen-bond donors (Lipinski definition) is 2. The van der Waals surface area contributed by atoms with Crippen LogP contribution in [0.1, 0.15) is 28.8 Å². The Bertz CT molecular complexity index is 908. The van der Waals surface area contributed by atoms with Crippen LogP contribution >= 0.6 is 0 Å². The summed E-state index contributed by atoms with van der Waals surface area (Å²) in [7, 11) is 0. The maximum atomic E-state index is 13.8. The van der Waals surface area contributed by atoms with Crippen molar-refractivity contribution >= 4 is 23.4 Å². The van der Waals surface area contributed by atoms with E-state index in [0.717, 1.165) is 5.56 Å². The lowest BCUT2D eigenvalue weighted by atomic mass is 9.96. The van der Waals surface area contributed by atoms with Crippen LogP contribution in [0.25, 0.3) is 0 Å². The molecule has 0 radical (unpaired) electrons. The van der Waals surface area contributed by atoms with Gasteiger partial charge in [0.25, 0.3) is 5.91 Å². The van der Waals surface area contributed by atoms with Gasteiger partial charge < -0.3 is 15.5 Å². The minimum atomic E-state index is -0.702. The molecular weight excluding hydrogens is 373 g/mol. The number of carbonyl (C=O) groups excluding carboxylic acids is 3. The Kier molecular flexibility index (Phi) is 6.59. The molecule has 2 aromatic rings. The van der Waals surface area contributed by atoms with E-state index in [1.807, 2.05) is 19.1 Å². The third kappa shape index (κ3) is 5.19. The van der Waals surface area contributed by atoms with Gasteiger partial charge in [-0.1, -0.05) is 30.3 Å². The predicted octanol–water partition coefficient (Wildman–Crippen LogP) is 2.74. The molecule has 1 fully saturated rings. The van der Waals surface area contributed by atoms with Crippen molar-refractivity contribution in [2.24, 2.45) is 5.92 Å². The van der Waals surface area contributed by atoms with Crippen LogP contribution < -0.4 is 10.6 Å². The van der Waals surface area contributed by atoms with Crippen LogP contribution in [-0.4, -0.2) is 42.3 Å². The fourth-order valence-electron chi connectivity index (χ4n) is 3.35. The fourth-order valence-corrected chi connectivity index (χ4v) is 3.35. The summed E-state index contributed by atoms with van der Waals surface area (Å²) >= 11 is 0. The van der Waals surface area contributed by atoms with Gasteiger partial charge in [-0.15, -0.1) is 0 Å². The first kappa shape index (κ1) is 20.5. The summed E-state index contributed by atoms with van der Waals surface area (Å²) in [5, 5.41) is 5.27. The van der Waals surface area contributed by atoms with Crippen LogP contribution in [0.4, 0.5) is 10.1 Å². The molecule has 1 heterocycles. The zero-order valence-electron chi connectivity index (χ0n) is 16.3. The number of rotatable bonds is 4. The van der Waals surface area contributed by atoms with Crippen LogP contribution in [0.2, 0.25) is 0 Å². The van der Waals surface area contributed by atoms with Crippen molar-refractivity contribution in [3.8, 4) is 0 Å². The van der Waals surface area contributed by atoms with E-state index in [-0.39, 0.29) is 17.4 Å². The van der Waals surface area contributed by atoms with Gasteiger partial charge >= 0.3 is 11.8 Å². The average Bonchev–Trinajstić information content (AvgIpc) is 2.74. The number of piperidine rings is 1. The minimum Gasteiger partial charge on any atom is -0.348 e. The number of benzene rings is 2. The highest BCUT2D eigenvalue weighted by atomic mass is 19.1. The van der Waals surface area contributed by atoms with Gasteiger partial charge in [0.15, 0.2) is 0 Å². The molecule has 1 saturated heterocycles. The van der Waals surface area contributed by atoms with Crippen LogP contribution in [0.5, 0.6) is 0 Å². The second kappa shape index (κ2) is 9.32. The van der Waals surface area contributed by atoms with Crippen LogP contribution in [0.3, 0.4) is 0 Å². The highest BCUT2D eigenvalue weighted by Crippen LogP contribution is 2.19. The van der Waals surface area contributed by atoms with Gasteiger partial charge in [-0.25, -0.2) is 4.39 Å². The summed E-state index contributed by atoms with van der Waals surface area (Å²) in [6.07, 6.45) is 1.36. The lowest BCUT2D eigenvalue weighted by Crippen LogP contribution is -2.43. The van der Waals surface area contributed by atoms with Gasteiger partial charge in [0.1, 0.15) is 5.82 Å². The molecule has 3 amide bonds. The topological polar surface area (TPSA) is 78.5 Å². The Labute approximate surface area is 169 Å². The second-order valence-corrected chi connectivity index (χ2v) is 7.19. The van der Waals surface area contributed by atoms with Crippen LogP contribution in [0.15, 0.2) is 48.5 Å². The molecule has 6 nitrogen and oxygen atoms in total. The number of nitrogens with zero attached hydrogens (tertiary/aromatic N) is 1. The molecular formula is C22H24FN3O3. The maximum Gasteiger partial charge on any atom is 0.313 e. The van der Waals surface area contributed by atoms with Crippen LogP contribution in [0, 0.1) is 18.7 Å². The van der Waals surface area contributed by atoms with E-state index in [9.17, 15) is 18.8 Å². The number of hydrogen-bond acceptors (Lipinski definition) is 3. The molecule has 152 valence electrons. The summed E-state index contributed by atoms with van der Waals surface area (Å²) < 4.78 is 13.8. The van der Waals surface area contributed by atoms with Crippen molar-refractivity contribution in [3.63, 3.8) is 0 Å².